The first-order valence-corrected chi connectivity index (χ1v) is 9.15. The lowest BCUT2D eigenvalue weighted by Gasteiger charge is -2.26. The second-order valence-electron chi connectivity index (χ2n) is 6.08. The Morgan fingerprint density at radius 1 is 1.14 bits per heavy atom. The van der Waals surface area contributed by atoms with E-state index in [1.807, 2.05) is 12.1 Å². The van der Waals surface area contributed by atoms with Crippen molar-refractivity contribution in [1.29, 1.82) is 0 Å². The lowest BCUT2D eigenvalue weighted by Crippen LogP contribution is -2.37. The fourth-order valence-corrected chi connectivity index (χ4v) is 4.17. The van der Waals surface area contributed by atoms with Gasteiger partial charge in [0, 0.05) is 13.1 Å². The Bertz CT molecular complexity index is 544. The van der Waals surface area contributed by atoms with Crippen molar-refractivity contribution in [2.75, 3.05) is 20.1 Å². The van der Waals surface area contributed by atoms with Crippen LogP contribution in [-0.2, 0) is 10.0 Å². The van der Waals surface area contributed by atoms with Crippen molar-refractivity contribution in [3.63, 3.8) is 0 Å². The van der Waals surface area contributed by atoms with Crippen LogP contribution >= 0.6 is 0 Å². The van der Waals surface area contributed by atoms with Gasteiger partial charge in [-0.15, -0.1) is 0 Å². The summed E-state index contributed by atoms with van der Waals surface area (Å²) in [5, 5.41) is 3.32. The molecule has 0 aromatic heterocycles. The third kappa shape index (κ3) is 3.84. The van der Waals surface area contributed by atoms with Crippen LogP contribution in [0.1, 0.15) is 44.6 Å². The van der Waals surface area contributed by atoms with Crippen molar-refractivity contribution in [3.05, 3.63) is 29.8 Å². The van der Waals surface area contributed by atoms with Gasteiger partial charge in [0.15, 0.2) is 0 Å². The lowest BCUT2D eigenvalue weighted by atomic mass is 10.0. The molecule has 0 bridgehead atoms. The molecule has 1 aliphatic rings. The molecule has 1 aromatic carbocycles. The zero-order chi connectivity index (χ0) is 15.5. The number of benzene rings is 1. The SMILES string of the molecule is CC(C)c1ccc(S(=O)(=O)N(C)C2CCCNCC2)cc1. The molecule has 5 heteroatoms. The third-order valence-electron chi connectivity index (χ3n) is 4.28. The number of sulfonamides is 1. The molecule has 21 heavy (non-hydrogen) atoms. The largest absolute Gasteiger partial charge is 0.317 e. The smallest absolute Gasteiger partial charge is 0.243 e. The first kappa shape index (κ1) is 16.5. The minimum atomic E-state index is -3.39. The predicted octanol–water partition coefficient (Wildman–Crippen LogP) is 2.57. The van der Waals surface area contributed by atoms with Crippen LogP contribution in [0.15, 0.2) is 29.2 Å². The molecule has 1 fully saturated rings. The molecule has 1 atom stereocenters. The molecular formula is C16H26N2O2S. The average molecular weight is 310 g/mol. The van der Waals surface area contributed by atoms with E-state index in [-0.39, 0.29) is 6.04 Å². The van der Waals surface area contributed by atoms with Gasteiger partial charge in [-0.25, -0.2) is 8.42 Å². The van der Waals surface area contributed by atoms with Gasteiger partial charge in [0.1, 0.15) is 0 Å². The van der Waals surface area contributed by atoms with Crippen LogP contribution in [0.2, 0.25) is 0 Å². The van der Waals surface area contributed by atoms with Gasteiger partial charge in [0.2, 0.25) is 10.0 Å². The second kappa shape index (κ2) is 6.90. The summed E-state index contributed by atoms with van der Waals surface area (Å²) in [5.41, 5.74) is 1.16. The van der Waals surface area contributed by atoms with E-state index < -0.39 is 10.0 Å². The summed E-state index contributed by atoms with van der Waals surface area (Å²) in [6, 6.07) is 7.39. The van der Waals surface area contributed by atoms with E-state index in [4.69, 9.17) is 0 Å². The minimum absolute atomic E-state index is 0.0924. The van der Waals surface area contributed by atoms with E-state index in [2.05, 4.69) is 19.2 Å². The highest BCUT2D eigenvalue weighted by atomic mass is 32.2. The van der Waals surface area contributed by atoms with Crippen LogP contribution in [0, 0.1) is 0 Å². The van der Waals surface area contributed by atoms with Crippen LogP contribution in [0.4, 0.5) is 0 Å². The molecule has 0 aliphatic carbocycles. The lowest BCUT2D eigenvalue weighted by molar-refractivity contribution is 0.341. The maximum Gasteiger partial charge on any atom is 0.243 e. The highest BCUT2D eigenvalue weighted by Crippen LogP contribution is 2.23. The molecule has 1 aromatic rings. The van der Waals surface area contributed by atoms with Crippen molar-refractivity contribution in [2.45, 2.75) is 50.0 Å². The van der Waals surface area contributed by atoms with E-state index in [1.165, 1.54) is 0 Å². The first-order chi connectivity index (χ1) is 9.93. The van der Waals surface area contributed by atoms with Gasteiger partial charge in [-0.1, -0.05) is 26.0 Å². The van der Waals surface area contributed by atoms with Crippen LogP contribution < -0.4 is 5.32 Å². The van der Waals surface area contributed by atoms with Gasteiger partial charge in [0.25, 0.3) is 0 Å². The van der Waals surface area contributed by atoms with E-state index in [9.17, 15) is 8.42 Å². The quantitative estimate of drug-likeness (QED) is 0.930. The van der Waals surface area contributed by atoms with Gasteiger partial charge in [-0.2, -0.15) is 4.31 Å². The number of hydrogen-bond acceptors (Lipinski definition) is 3. The molecule has 1 aliphatic heterocycles. The van der Waals surface area contributed by atoms with Crippen LogP contribution in [0.25, 0.3) is 0 Å². The zero-order valence-corrected chi connectivity index (χ0v) is 14.0. The summed E-state index contributed by atoms with van der Waals surface area (Å²) in [4.78, 5) is 0.395. The second-order valence-corrected chi connectivity index (χ2v) is 8.08. The number of rotatable bonds is 4. The predicted molar refractivity (Wildman–Crippen MR) is 86.0 cm³/mol. The highest BCUT2D eigenvalue weighted by Gasteiger charge is 2.28. The molecule has 1 saturated heterocycles. The molecule has 1 heterocycles. The normalized spacial score (nSPS) is 20.7. The Morgan fingerprint density at radius 3 is 2.43 bits per heavy atom. The van der Waals surface area contributed by atoms with Gasteiger partial charge >= 0.3 is 0 Å². The molecule has 1 N–H and O–H groups in total. The van der Waals surface area contributed by atoms with E-state index in [0.717, 1.165) is 37.9 Å². The molecular weight excluding hydrogens is 284 g/mol. The molecule has 0 saturated carbocycles. The van der Waals surface area contributed by atoms with E-state index in [1.54, 1.807) is 23.5 Å². The molecule has 0 radical (unpaired) electrons. The van der Waals surface area contributed by atoms with Gasteiger partial charge in [-0.3, -0.25) is 0 Å². The van der Waals surface area contributed by atoms with E-state index in [0.29, 0.717) is 10.8 Å². The standard InChI is InChI=1S/C16H26N2O2S/c1-13(2)14-6-8-16(9-7-14)21(19,20)18(3)15-5-4-11-17-12-10-15/h6-9,13,15,17H,4-5,10-12H2,1-3H3. The molecule has 4 nitrogen and oxygen atoms in total. The van der Waals surface area contributed by atoms with Crippen LogP contribution in [0.3, 0.4) is 0 Å². The third-order valence-corrected chi connectivity index (χ3v) is 6.21. The van der Waals surface area contributed by atoms with E-state index >= 15 is 0 Å². The highest BCUT2D eigenvalue weighted by molar-refractivity contribution is 7.89. The van der Waals surface area contributed by atoms with Crippen molar-refractivity contribution >= 4 is 10.0 Å². The maximum atomic E-state index is 12.7. The topological polar surface area (TPSA) is 49.4 Å². The number of nitrogens with zero attached hydrogens (tertiary/aromatic N) is 1. The molecule has 0 amide bonds. The summed E-state index contributed by atoms with van der Waals surface area (Å²) in [6.45, 7) is 6.08. The van der Waals surface area contributed by atoms with Gasteiger partial charge in [0.05, 0.1) is 4.90 Å². The summed E-state index contributed by atoms with van der Waals surface area (Å²) in [7, 11) is -1.68. The summed E-state index contributed by atoms with van der Waals surface area (Å²) < 4.78 is 27.0. The van der Waals surface area contributed by atoms with Gasteiger partial charge < -0.3 is 5.32 Å². The Hall–Kier alpha value is -0.910. The van der Waals surface area contributed by atoms with Crippen molar-refractivity contribution < 1.29 is 8.42 Å². The Balaban J connectivity index is 2.19. The molecule has 118 valence electrons. The monoisotopic (exact) mass is 310 g/mol. The number of nitrogens with one attached hydrogen (secondary N) is 1. The Labute approximate surface area is 128 Å². The average Bonchev–Trinajstić information content (AvgIpc) is 2.75. The summed E-state index contributed by atoms with van der Waals surface area (Å²) in [5.74, 6) is 0.410. The van der Waals surface area contributed by atoms with Crippen molar-refractivity contribution in [1.82, 2.24) is 9.62 Å². The number of hydrogen-bond donors (Lipinski definition) is 1. The molecule has 0 spiro atoms. The van der Waals surface area contributed by atoms with Crippen LogP contribution in [0.5, 0.6) is 0 Å². The summed E-state index contributed by atoms with van der Waals surface area (Å²) in [6.07, 6.45) is 2.82. The first-order valence-electron chi connectivity index (χ1n) is 7.71. The maximum absolute atomic E-state index is 12.7. The molecule has 2 rings (SSSR count). The fourth-order valence-electron chi connectivity index (χ4n) is 2.75. The minimum Gasteiger partial charge on any atom is -0.317 e. The summed E-state index contributed by atoms with van der Waals surface area (Å²) >= 11 is 0. The fraction of sp³-hybridized carbons (Fsp3) is 0.625. The van der Waals surface area contributed by atoms with Crippen LogP contribution in [-0.4, -0.2) is 38.9 Å². The Morgan fingerprint density at radius 2 is 1.81 bits per heavy atom. The van der Waals surface area contributed by atoms with Gasteiger partial charge in [-0.05, 0) is 56.0 Å². The molecule has 1 unspecified atom stereocenters. The zero-order valence-electron chi connectivity index (χ0n) is 13.2. The van der Waals surface area contributed by atoms with Crippen molar-refractivity contribution in [2.24, 2.45) is 0 Å². The Kier molecular flexibility index (Phi) is 5.41. The van der Waals surface area contributed by atoms with Crippen molar-refractivity contribution in [3.8, 4) is 0 Å².